The van der Waals surface area contributed by atoms with Gasteiger partial charge in [-0.05, 0) is 81.3 Å². The van der Waals surface area contributed by atoms with Crippen molar-refractivity contribution >= 4 is 22.6 Å². The highest BCUT2D eigenvalue weighted by atomic mass is 35.5. The quantitative estimate of drug-likeness (QED) is 0.322. The average Bonchev–Trinajstić information content (AvgIpc) is 3.56. The number of hydrogen-bond donors (Lipinski definition) is 0. The number of aryl methyl sites for hydroxylation is 2. The lowest BCUT2D eigenvalue weighted by Crippen LogP contribution is -2.18. The first kappa shape index (κ1) is 21.7. The minimum absolute atomic E-state index is 0.00324. The number of rotatable bonds is 4. The van der Waals surface area contributed by atoms with E-state index in [9.17, 15) is 0 Å². The van der Waals surface area contributed by atoms with Crippen molar-refractivity contribution in [3.8, 4) is 11.1 Å². The zero-order valence-electron chi connectivity index (χ0n) is 19.3. The highest BCUT2D eigenvalue weighted by Crippen LogP contribution is 2.42. The fourth-order valence-corrected chi connectivity index (χ4v) is 5.05. The van der Waals surface area contributed by atoms with Crippen molar-refractivity contribution in [2.24, 2.45) is 0 Å². The van der Waals surface area contributed by atoms with Crippen LogP contribution >= 0.6 is 11.6 Å². The Morgan fingerprint density at radius 3 is 2.62 bits per heavy atom. The predicted molar refractivity (Wildman–Crippen MR) is 131 cm³/mol. The van der Waals surface area contributed by atoms with Crippen LogP contribution in [0.25, 0.3) is 22.2 Å². The largest absolute Gasteiger partial charge is 0.373 e. The van der Waals surface area contributed by atoms with Gasteiger partial charge in [0.25, 0.3) is 0 Å². The van der Waals surface area contributed by atoms with Gasteiger partial charge in [-0.2, -0.15) is 5.10 Å². The van der Waals surface area contributed by atoms with E-state index in [1.807, 2.05) is 20.0 Å². The number of hydrogen-bond acceptors (Lipinski definition) is 4. The molecule has 1 aliphatic carbocycles. The number of benzene rings is 2. The van der Waals surface area contributed by atoms with Crippen LogP contribution < -0.4 is 0 Å². The minimum atomic E-state index is -0.358. The molecule has 5 nitrogen and oxygen atoms in total. The van der Waals surface area contributed by atoms with Gasteiger partial charge in [0, 0.05) is 34.5 Å². The topological polar surface area (TPSA) is 52.8 Å². The Morgan fingerprint density at radius 2 is 1.82 bits per heavy atom. The summed E-state index contributed by atoms with van der Waals surface area (Å²) in [6, 6.07) is 9.55. The Balaban J connectivity index is 1.41. The van der Waals surface area contributed by atoms with E-state index in [0.717, 1.165) is 46.4 Å². The maximum atomic E-state index is 15.0. The Morgan fingerprint density at radius 1 is 1.00 bits per heavy atom. The molecule has 2 fully saturated rings. The third kappa shape index (κ3) is 3.99. The Labute approximate surface area is 202 Å². The van der Waals surface area contributed by atoms with Gasteiger partial charge in [-0.25, -0.2) is 14.4 Å². The smallest absolute Gasteiger partial charge is 0.132 e. The number of nitrogens with zero attached hydrogens (tertiary/aromatic N) is 4. The van der Waals surface area contributed by atoms with Crippen LogP contribution in [0.1, 0.15) is 66.3 Å². The molecule has 2 aliphatic rings. The summed E-state index contributed by atoms with van der Waals surface area (Å²) in [6.07, 6.45) is 8.24. The number of halogens is 2. The van der Waals surface area contributed by atoms with E-state index in [4.69, 9.17) is 26.3 Å². The average molecular weight is 477 g/mol. The van der Waals surface area contributed by atoms with E-state index in [0.29, 0.717) is 28.8 Å². The van der Waals surface area contributed by atoms with E-state index in [1.54, 1.807) is 12.1 Å². The van der Waals surface area contributed by atoms with Crippen molar-refractivity contribution in [3.63, 3.8) is 0 Å². The second kappa shape index (κ2) is 8.43. The van der Waals surface area contributed by atoms with Crippen molar-refractivity contribution in [2.75, 3.05) is 6.61 Å². The Kier molecular flexibility index (Phi) is 5.38. The van der Waals surface area contributed by atoms with Crippen molar-refractivity contribution in [1.82, 2.24) is 19.7 Å². The maximum Gasteiger partial charge on any atom is 0.132 e. The van der Waals surface area contributed by atoms with Crippen molar-refractivity contribution < 1.29 is 9.13 Å². The van der Waals surface area contributed by atoms with Crippen molar-refractivity contribution in [2.45, 2.75) is 57.6 Å². The van der Waals surface area contributed by atoms with Gasteiger partial charge in [0.05, 0.1) is 40.8 Å². The molecule has 0 N–H and O–H groups in total. The Hall–Kier alpha value is -2.83. The maximum absolute atomic E-state index is 15.0. The van der Waals surface area contributed by atoms with Gasteiger partial charge in [0.1, 0.15) is 5.82 Å². The highest BCUT2D eigenvalue weighted by Gasteiger charge is 2.30. The molecule has 0 unspecified atom stereocenters. The zero-order chi connectivity index (χ0) is 23.4. The standard InChI is InChI=1S/C27H26ClFN4O/c1-15-16(2)32-27-23(22-6-3-20(28)12-24(22)29)9-18(10-25(27)31-15)17-7-8-34-26(11-17)19-13-30-33(14-19)21-4-5-21/h3,6,9-10,12-14,17,21,26H,4-5,7-8,11H2,1-2H3/t17-,26+/m0/s1. The van der Waals surface area contributed by atoms with E-state index in [-0.39, 0.29) is 17.8 Å². The molecule has 0 bridgehead atoms. The van der Waals surface area contributed by atoms with Gasteiger partial charge in [0.2, 0.25) is 0 Å². The molecule has 7 heteroatoms. The van der Waals surface area contributed by atoms with Crippen LogP contribution in [0.2, 0.25) is 5.02 Å². The van der Waals surface area contributed by atoms with E-state index in [2.05, 4.69) is 28.1 Å². The molecule has 0 amide bonds. The second-order valence-corrected chi connectivity index (χ2v) is 9.96. The van der Waals surface area contributed by atoms with Gasteiger partial charge in [-0.1, -0.05) is 11.6 Å². The van der Waals surface area contributed by atoms with Crippen LogP contribution in [-0.4, -0.2) is 26.4 Å². The first-order valence-electron chi connectivity index (χ1n) is 11.9. The molecule has 0 spiro atoms. The van der Waals surface area contributed by atoms with E-state index >= 15 is 4.39 Å². The molecule has 0 radical (unpaired) electrons. The van der Waals surface area contributed by atoms with Crippen LogP contribution in [0.5, 0.6) is 0 Å². The number of fused-ring (bicyclic) bond motifs is 1. The first-order valence-corrected chi connectivity index (χ1v) is 12.2. The third-order valence-electron chi connectivity index (χ3n) is 7.09. The third-order valence-corrected chi connectivity index (χ3v) is 7.33. The molecule has 34 heavy (non-hydrogen) atoms. The van der Waals surface area contributed by atoms with Gasteiger partial charge in [-0.3, -0.25) is 4.68 Å². The summed E-state index contributed by atoms with van der Waals surface area (Å²) in [7, 11) is 0. The van der Waals surface area contributed by atoms with Crippen LogP contribution in [-0.2, 0) is 4.74 Å². The van der Waals surface area contributed by atoms with E-state index in [1.165, 1.54) is 18.9 Å². The van der Waals surface area contributed by atoms with Crippen LogP contribution in [0, 0.1) is 19.7 Å². The summed E-state index contributed by atoms with van der Waals surface area (Å²) in [5, 5.41) is 4.92. The first-order chi connectivity index (χ1) is 16.5. The zero-order valence-corrected chi connectivity index (χ0v) is 20.0. The molecule has 6 rings (SSSR count). The van der Waals surface area contributed by atoms with Crippen LogP contribution in [0.15, 0.2) is 42.7 Å². The minimum Gasteiger partial charge on any atom is -0.373 e. The number of ether oxygens (including phenoxy) is 1. The summed E-state index contributed by atoms with van der Waals surface area (Å²) in [6.45, 7) is 4.56. The van der Waals surface area contributed by atoms with Crippen molar-refractivity contribution in [3.05, 3.63) is 76.1 Å². The molecule has 1 saturated heterocycles. The lowest BCUT2D eigenvalue weighted by Gasteiger charge is -2.30. The summed E-state index contributed by atoms with van der Waals surface area (Å²) < 4.78 is 23.2. The summed E-state index contributed by atoms with van der Waals surface area (Å²) >= 11 is 6.03. The van der Waals surface area contributed by atoms with Crippen LogP contribution in [0.4, 0.5) is 4.39 Å². The second-order valence-electron chi connectivity index (χ2n) is 9.52. The van der Waals surface area contributed by atoms with Gasteiger partial charge in [0.15, 0.2) is 0 Å². The van der Waals surface area contributed by atoms with Crippen LogP contribution in [0.3, 0.4) is 0 Å². The lowest BCUT2D eigenvalue weighted by molar-refractivity contribution is 0.00523. The highest BCUT2D eigenvalue weighted by molar-refractivity contribution is 6.30. The molecule has 174 valence electrons. The predicted octanol–water partition coefficient (Wildman–Crippen LogP) is 6.87. The fourth-order valence-electron chi connectivity index (χ4n) is 4.89. The summed E-state index contributed by atoms with van der Waals surface area (Å²) in [5.74, 6) is -0.0896. The molecule has 1 saturated carbocycles. The molecule has 2 aromatic heterocycles. The SMILES string of the molecule is Cc1nc2cc([C@H]3CCO[C@@H](c4cnn(C5CC5)c4)C3)cc(-c3ccc(Cl)cc3F)c2nc1C. The van der Waals surface area contributed by atoms with E-state index < -0.39 is 0 Å². The van der Waals surface area contributed by atoms with Gasteiger partial charge < -0.3 is 4.74 Å². The molecule has 2 atom stereocenters. The Bertz CT molecular complexity index is 1400. The summed E-state index contributed by atoms with van der Waals surface area (Å²) in [4.78, 5) is 9.61. The monoisotopic (exact) mass is 476 g/mol. The molecule has 1 aliphatic heterocycles. The summed E-state index contributed by atoms with van der Waals surface area (Å²) in [5.41, 5.74) is 6.73. The normalized spacial score (nSPS) is 20.7. The van der Waals surface area contributed by atoms with Gasteiger partial charge in [-0.15, -0.1) is 0 Å². The molecular weight excluding hydrogens is 451 g/mol. The van der Waals surface area contributed by atoms with Gasteiger partial charge >= 0.3 is 0 Å². The fraction of sp³-hybridized carbons (Fsp3) is 0.370. The van der Waals surface area contributed by atoms with Crippen molar-refractivity contribution in [1.29, 1.82) is 0 Å². The molecule has 3 heterocycles. The molecular formula is C27H26ClFN4O. The molecule has 4 aromatic rings. The number of aromatic nitrogens is 4. The molecule has 2 aromatic carbocycles. The lowest BCUT2D eigenvalue weighted by atomic mass is 9.85.